The van der Waals surface area contributed by atoms with E-state index in [-0.39, 0.29) is 29.2 Å². The molecule has 0 radical (unpaired) electrons. The number of aromatic nitrogens is 4. The van der Waals surface area contributed by atoms with Crippen LogP contribution in [0.2, 0.25) is 0 Å². The van der Waals surface area contributed by atoms with Crippen molar-refractivity contribution in [3.8, 4) is 11.9 Å². The first-order chi connectivity index (χ1) is 11.1. The molecule has 0 bridgehead atoms. The number of nitriles is 1. The third-order valence-electron chi connectivity index (χ3n) is 3.48. The molecular formula is C13H14N6O3S. The van der Waals surface area contributed by atoms with E-state index in [2.05, 4.69) is 19.9 Å². The molecule has 0 aliphatic carbocycles. The fourth-order valence-corrected chi connectivity index (χ4v) is 3.79. The quantitative estimate of drug-likeness (QED) is 0.852. The molecule has 1 unspecified atom stereocenters. The van der Waals surface area contributed by atoms with Crippen molar-refractivity contribution in [2.45, 2.75) is 24.0 Å². The van der Waals surface area contributed by atoms with Gasteiger partial charge in [0.2, 0.25) is 5.69 Å². The molecule has 1 N–H and O–H groups in total. The lowest BCUT2D eigenvalue weighted by atomic mass is 10.1. The molecule has 1 aliphatic rings. The van der Waals surface area contributed by atoms with Crippen LogP contribution in [0, 0.1) is 11.3 Å². The number of rotatable bonds is 4. The van der Waals surface area contributed by atoms with E-state index < -0.39 is 10.0 Å². The lowest BCUT2D eigenvalue weighted by Gasteiger charge is -2.31. The second kappa shape index (κ2) is 6.31. The first-order valence-electron chi connectivity index (χ1n) is 6.97. The molecule has 2 aromatic rings. The van der Waals surface area contributed by atoms with E-state index in [9.17, 15) is 8.42 Å². The molecule has 3 rings (SSSR count). The van der Waals surface area contributed by atoms with Crippen LogP contribution >= 0.6 is 0 Å². The summed E-state index contributed by atoms with van der Waals surface area (Å²) in [6.45, 7) is 0.593. The molecule has 0 amide bonds. The number of aromatic amines is 1. The first-order valence-corrected chi connectivity index (χ1v) is 8.41. The highest BCUT2D eigenvalue weighted by atomic mass is 32.2. The molecule has 23 heavy (non-hydrogen) atoms. The minimum Gasteiger partial charge on any atom is -0.471 e. The van der Waals surface area contributed by atoms with E-state index >= 15 is 0 Å². The van der Waals surface area contributed by atoms with Crippen molar-refractivity contribution in [2.24, 2.45) is 0 Å². The van der Waals surface area contributed by atoms with Gasteiger partial charge in [0.15, 0.2) is 5.03 Å². The summed E-state index contributed by atoms with van der Waals surface area (Å²) >= 11 is 0. The predicted molar refractivity (Wildman–Crippen MR) is 77.7 cm³/mol. The Hall–Kier alpha value is -2.51. The number of nitrogens with one attached hydrogen (secondary N) is 1. The van der Waals surface area contributed by atoms with Crippen LogP contribution in [0.5, 0.6) is 5.88 Å². The summed E-state index contributed by atoms with van der Waals surface area (Å²) < 4.78 is 32.0. The number of H-pyrrole nitrogens is 1. The summed E-state index contributed by atoms with van der Waals surface area (Å²) in [7, 11) is -3.63. The Morgan fingerprint density at radius 2 is 2.22 bits per heavy atom. The lowest BCUT2D eigenvalue weighted by molar-refractivity contribution is 0.123. The summed E-state index contributed by atoms with van der Waals surface area (Å²) in [5.41, 5.74) is 0.0843. The molecule has 0 spiro atoms. The van der Waals surface area contributed by atoms with Gasteiger partial charge in [-0.25, -0.2) is 23.4 Å². The number of hydrogen-bond donors (Lipinski definition) is 1. The summed E-state index contributed by atoms with van der Waals surface area (Å²) in [6, 6.07) is 1.91. The average molecular weight is 334 g/mol. The van der Waals surface area contributed by atoms with E-state index in [1.165, 1.54) is 29.2 Å². The zero-order valence-corrected chi connectivity index (χ0v) is 12.9. The van der Waals surface area contributed by atoms with Crippen LogP contribution in [0.3, 0.4) is 0 Å². The Balaban J connectivity index is 1.75. The number of piperidine rings is 1. The molecule has 2 aromatic heterocycles. The summed E-state index contributed by atoms with van der Waals surface area (Å²) in [6.07, 6.45) is 6.38. The minimum atomic E-state index is -3.63. The van der Waals surface area contributed by atoms with Gasteiger partial charge in [0.25, 0.3) is 15.9 Å². The fourth-order valence-electron chi connectivity index (χ4n) is 2.39. The van der Waals surface area contributed by atoms with Crippen LogP contribution in [0.15, 0.2) is 29.9 Å². The minimum absolute atomic E-state index is 0.0513. The lowest BCUT2D eigenvalue weighted by Crippen LogP contribution is -2.44. The third-order valence-corrected chi connectivity index (χ3v) is 5.27. The second-order valence-electron chi connectivity index (χ2n) is 4.98. The molecule has 0 saturated carbocycles. The normalized spacial score (nSPS) is 19.2. The number of ether oxygens (including phenoxy) is 1. The molecule has 120 valence electrons. The predicted octanol–water partition coefficient (Wildman–Crippen LogP) is 0.303. The SMILES string of the molecule is N#Cc1nccnc1OC1CCCN(S(=O)(=O)c2cnc[nH]2)C1. The van der Waals surface area contributed by atoms with E-state index in [0.29, 0.717) is 19.4 Å². The van der Waals surface area contributed by atoms with Gasteiger partial charge in [-0.2, -0.15) is 9.57 Å². The molecule has 1 fully saturated rings. The Labute approximate surface area is 133 Å². The number of sulfonamides is 1. The molecule has 9 nitrogen and oxygen atoms in total. The zero-order valence-electron chi connectivity index (χ0n) is 12.1. The van der Waals surface area contributed by atoms with Crippen LogP contribution < -0.4 is 4.74 Å². The second-order valence-corrected chi connectivity index (χ2v) is 6.89. The largest absolute Gasteiger partial charge is 0.471 e. The standard InChI is InChI=1S/C13H14N6O3S/c14-6-11-13(17-4-3-16-11)22-10-2-1-5-19(8-10)23(20,21)12-7-15-9-18-12/h3-4,7,9-10H,1-2,5,8H2,(H,15,18). The first kappa shape index (κ1) is 15.4. The van der Waals surface area contributed by atoms with E-state index in [1.807, 2.05) is 6.07 Å². The van der Waals surface area contributed by atoms with Gasteiger partial charge in [-0.15, -0.1) is 0 Å². The van der Waals surface area contributed by atoms with Gasteiger partial charge in [0.1, 0.15) is 12.2 Å². The number of hydrogen-bond acceptors (Lipinski definition) is 7. The van der Waals surface area contributed by atoms with Crippen LogP contribution in [0.4, 0.5) is 0 Å². The van der Waals surface area contributed by atoms with Gasteiger partial charge >= 0.3 is 0 Å². The van der Waals surface area contributed by atoms with Crippen LogP contribution in [-0.4, -0.2) is 51.9 Å². The van der Waals surface area contributed by atoms with Crippen LogP contribution in [0.1, 0.15) is 18.5 Å². The third kappa shape index (κ3) is 3.15. The Kier molecular flexibility index (Phi) is 4.22. The maximum absolute atomic E-state index is 12.5. The topological polar surface area (TPSA) is 125 Å². The van der Waals surface area contributed by atoms with E-state index in [1.54, 1.807) is 0 Å². The average Bonchev–Trinajstić information content (AvgIpc) is 3.11. The molecule has 0 aromatic carbocycles. The van der Waals surface area contributed by atoms with E-state index in [4.69, 9.17) is 10.00 Å². The zero-order chi connectivity index (χ0) is 16.3. The van der Waals surface area contributed by atoms with Crippen molar-refractivity contribution >= 4 is 10.0 Å². The van der Waals surface area contributed by atoms with Gasteiger partial charge in [0, 0.05) is 18.9 Å². The molecule has 1 atom stereocenters. The Morgan fingerprint density at radius 1 is 1.39 bits per heavy atom. The fraction of sp³-hybridized carbons (Fsp3) is 0.385. The van der Waals surface area contributed by atoms with Gasteiger partial charge in [0.05, 0.1) is 19.1 Å². The van der Waals surface area contributed by atoms with Crippen molar-refractivity contribution in [2.75, 3.05) is 13.1 Å². The highest BCUT2D eigenvalue weighted by Crippen LogP contribution is 2.22. The monoisotopic (exact) mass is 334 g/mol. The van der Waals surface area contributed by atoms with Gasteiger partial charge in [-0.05, 0) is 12.8 Å². The van der Waals surface area contributed by atoms with E-state index in [0.717, 1.165) is 0 Å². The van der Waals surface area contributed by atoms with Crippen molar-refractivity contribution < 1.29 is 13.2 Å². The molecule has 3 heterocycles. The number of nitrogens with zero attached hydrogens (tertiary/aromatic N) is 5. The van der Waals surface area contributed by atoms with Crippen LogP contribution in [0.25, 0.3) is 0 Å². The van der Waals surface area contributed by atoms with Gasteiger partial charge in [-0.1, -0.05) is 0 Å². The Bertz CT molecular complexity index is 814. The smallest absolute Gasteiger partial charge is 0.260 e. The van der Waals surface area contributed by atoms with Crippen molar-refractivity contribution in [1.29, 1.82) is 5.26 Å². The summed E-state index contributed by atoms with van der Waals surface area (Å²) in [5, 5.41) is 9.06. The maximum atomic E-state index is 12.5. The highest BCUT2D eigenvalue weighted by Gasteiger charge is 2.32. The highest BCUT2D eigenvalue weighted by molar-refractivity contribution is 7.89. The van der Waals surface area contributed by atoms with Gasteiger partial charge < -0.3 is 9.72 Å². The molecule has 1 saturated heterocycles. The van der Waals surface area contributed by atoms with Crippen molar-refractivity contribution in [1.82, 2.24) is 24.2 Å². The Morgan fingerprint density at radius 3 is 2.96 bits per heavy atom. The summed E-state index contributed by atoms with van der Waals surface area (Å²) in [5.74, 6) is 0.126. The molecular weight excluding hydrogens is 320 g/mol. The molecule has 1 aliphatic heterocycles. The number of imidazole rings is 1. The molecule has 10 heteroatoms. The van der Waals surface area contributed by atoms with Crippen molar-refractivity contribution in [3.05, 3.63) is 30.6 Å². The van der Waals surface area contributed by atoms with Crippen molar-refractivity contribution in [3.63, 3.8) is 0 Å². The summed E-state index contributed by atoms with van der Waals surface area (Å²) in [4.78, 5) is 14.2. The van der Waals surface area contributed by atoms with Gasteiger partial charge in [-0.3, -0.25) is 0 Å². The maximum Gasteiger partial charge on any atom is 0.260 e. The van der Waals surface area contributed by atoms with Crippen LogP contribution in [-0.2, 0) is 10.0 Å².